The molecule has 10 atom stereocenters. The van der Waals surface area contributed by atoms with Crippen molar-refractivity contribution in [2.24, 2.45) is 0 Å². The first kappa shape index (κ1) is 85.0. The summed E-state index contributed by atoms with van der Waals surface area (Å²) in [5, 5.41) is 36.8. The van der Waals surface area contributed by atoms with Gasteiger partial charge in [0.05, 0.1) is 66.9 Å². The Morgan fingerprint density at radius 2 is 1.41 bits per heavy atom. The normalized spacial score (nSPS) is 24.6. The number of aromatic nitrogens is 1. The fourth-order valence-electron chi connectivity index (χ4n) is 14.8. The molecule has 113 heavy (non-hydrogen) atoms. The van der Waals surface area contributed by atoms with Gasteiger partial charge in [-0.3, -0.25) is 57.5 Å². The molecular formula is C81H108FN14O17+. The number of hydrogen-bond acceptors (Lipinski definition) is 17. The molecule has 0 unspecified atom stereocenters. The summed E-state index contributed by atoms with van der Waals surface area (Å²) in [5.74, 6) is -9.45. The summed E-state index contributed by atoms with van der Waals surface area (Å²) in [6.45, 7) is 5.19. The Bertz CT molecular complexity index is 4250. The monoisotopic (exact) mass is 1570 g/mol. The lowest BCUT2D eigenvalue weighted by atomic mass is 9.95. The number of aliphatic hydroxyl groups excluding tert-OH is 1. The van der Waals surface area contributed by atoms with Crippen LogP contribution in [-0.4, -0.2) is 260 Å². The second kappa shape index (κ2) is 39.4. The van der Waals surface area contributed by atoms with Crippen molar-refractivity contribution in [2.45, 2.75) is 177 Å². The summed E-state index contributed by atoms with van der Waals surface area (Å²) in [4.78, 5) is 182. The number of benzene rings is 4. The lowest BCUT2D eigenvalue weighted by Crippen LogP contribution is -2.64. The number of amides is 12. The van der Waals surface area contributed by atoms with Crippen LogP contribution in [0, 0.1) is 5.82 Å². The molecule has 1 aromatic heterocycles. The molecule has 0 radical (unpaired) electrons. The minimum Gasteiger partial charge on any atom is -0.497 e. The molecule has 11 rings (SSSR count). The second-order valence-electron chi connectivity index (χ2n) is 30.9. The van der Waals surface area contributed by atoms with E-state index in [-0.39, 0.29) is 116 Å². The SMILES string of the molecule is COc1ccc(C[C@@H]2NC(=O)[C@H]([C@@H](C)O)NC(=O)[C@@H]3[C@@H]4CCN3C(=O)[C@@H]3Cc5cn(c6ccc(F)cc56)CCCCN(Cc5ccc(cc5)CCNC(=O)[C@]5(C)CCCN5C2=O)C(=O)CCC(=O)N[C@@H](C)C(=O)N[C@H](CNC(=O)CCOCCOCC[N+](C)(C)C)C(=O)N[C@@H](Cc2cccc(c2)CNC(=O)CO4)C(=O)N3)cc1. The van der Waals surface area contributed by atoms with Crippen LogP contribution in [0.4, 0.5) is 4.39 Å². The summed E-state index contributed by atoms with van der Waals surface area (Å²) in [6.07, 6.45) is -1.21. The molecule has 7 heterocycles. The lowest BCUT2D eigenvalue weighted by Gasteiger charge is -2.37. The summed E-state index contributed by atoms with van der Waals surface area (Å²) >= 11 is 0. The molecule has 31 nitrogen and oxygen atoms in total. The Labute approximate surface area is 656 Å². The summed E-state index contributed by atoms with van der Waals surface area (Å²) in [5.41, 5.74) is 2.55. The maximum absolute atomic E-state index is 16.2. The summed E-state index contributed by atoms with van der Waals surface area (Å²) < 4.78 is 41.5. The Kier molecular flexibility index (Phi) is 29.6. The highest BCUT2D eigenvalue weighted by Crippen LogP contribution is 2.32. The van der Waals surface area contributed by atoms with Gasteiger partial charge >= 0.3 is 0 Å². The Balaban J connectivity index is 1.06. The van der Waals surface area contributed by atoms with E-state index in [1.54, 1.807) is 72.6 Å². The Hall–Kier alpha value is -10.4. The van der Waals surface area contributed by atoms with Gasteiger partial charge in [0.15, 0.2) is 0 Å². The van der Waals surface area contributed by atoms with Gasteiger partial charge in [-0.1, -0.05) is 60.7 Å². The van der Waals surface area contributed by atoms with Crippen LogP contribution in [0.2, 0.25) is 0 Å². The summed E-state index contributed by atoms with van der Waals surface area (Å²) in [6, 6.07) is 13.6. The van der Waals surface area contributed by atoms with Gasteiger partial charge in [-0.05, 0) is 123 Å². The van der Waals surface area contributed by atoms with Crippen molar-refractivity contribution < 1.29 is 90.5 Å². The van der Waals surface area contributed by atoms with Gasteiger partial charge in [-0.25, -0.2) is 4.39 Å². The van der Waals surface area contributed by atoms with Crippen LogP contribution in [0.1, 0.15) is 106 Å². The van der Waals surface area contributed by atoms with Gasteiger partial charge < -0.3 is 95.7 Å². The molecular weight excluding hydrogens is 1460 g/mol. The minimum absolute atomic E-state index is 0.0433. The maximum atomic E-state index is 16.2. The lowest BCUT2D eigenvalue weighted by molar-refractivity contribution is -0.870. The molecule has 6 aliphatic heterocycles. The number of aliphatic hydroxyl groups is 1. The van der Waals surface area contributed by atoms with E-state index in [1.165, 1.54) is 38.0 Å². The number of ether oxygens (including phenoxy) is 4. The standard InChI is InChI=1S/C81H107FN14O17/c1-50-73(102)90-64(46-85-67(98)28-36-111-38-39-112-37-35-96(4,5)6)75(104)87-61-42-55-12-10-13-56(40-55)45-84-69(100)49-113-66-27-34-94-72(66)77(106)91-71(51(2)97)76(105)89-62(41-53-18-21-59(110-7)22-19-53)79(108)95-33-11-29-81(95,3)80(109)83-30-26-52-14-16-54(17-15-52)47-93(70(101)25-24-68(99)86-50)32-9-8-31-92-48-57(43-63(78(94)107)88-74(61)103)60-44-58(82)20-23-65(60)92/h10,12-23,40,44,48,50-51,61-64,66,71-72,97H,8-9,11,24-39,41-43,45-47,49H2,1-7H3,(H8-,83,84,85,86,87,88,89,90,91,98,99,100,102,103,104,105,106,109)/p+1/t50-,51+,61-,62-,63-,64+,66-,71-,72-,81-/m0/s1. The number of quaternary nitrogens is 1. The number of hydrogen-bond donors (Lipinski definition) is 10. The number of methoxy groups -OCH3 is 1. The van der Waals surface area contributed by atoms with Gasteiger partial charge in [0.1, 0.15) is 72.6 Å². The summed E-state index contributed by atoms with van der Waals surface area (Å²) in [7, 11) is 7.59. The van der Waals surface area contributed by atoms with E-state index in [1.807, 2.05) is 50.0 Å². The first-order valence-corrected chi connectivity index (χ1v) is 38.9. The molecule has 32 heteroatoms. The molecule has 12 amide bonds. The molecule has 2 saturated heterocycles. The number of nitrogens with zero attached hydrogens (tertiary/aromatic N) is 5. The van der Waals surface area contributed by atoms with E-state index in [2.05, 4.69) is 47.9 Å². The number of carbonyl (C=O) groups excluding carboxylic acids is 12. The van der Waals surface area contributed by atoms with E-state index in [0.29, 0.717) is 75.7 Å². The van der Waals surface area contributed by atoms with Crippen LogP contribution in [-0.2, 0) is 117 Å². The van der Waals surface area contributed by atoms with Crippen molar-refractivity contribution in [3.63, 3.8) is 0 Å². The first-order chi connectivity index (χ1) is 54.0. The quantitative estimate of drug-likeness (QED) is 0.0508. The smallest absolute Gasteiger partial charge is 0.246 e. The number of nitrogens with one attached hydrogen (secondary N) is 9. The van der Waals surface area contributed by atoms with Crippen LogP contribution in [0.25, 0.3) is 10.9 Å². The Morgan fingerprint density at radius 3 is 2.15 bits per heavy atom. The number of likely N-dealkylation sites (N-methyl/N-ethyl adjacent to an activating group) is 1. The first-order valence-electron chi connectivity index (χ1n) is 38.9. The minimum atomic E-state index is -1.86. The number of fused-ring (bicyclic) bond motifs is 16. The average Bonchev–Trinajstić information content (AvgIpc) is 1.65. The average molecular weight is 1570 g/mol. The van der Waals surface area contributed by atoms with E-state index in [9.17, 15) is 33.9 Å². The van der Waals surface area contributed by atoms with E-state index in [0.717, 1.165) is 22.6 Å². The highest BCUT2D eigenvalue weighted by Gasteiger charge is 2.50. The van der Waals surface area contributed by atoms with Crippen LogP contribution >= 0.6 is 0 Å². The van der Waals surface area contributed by atoms with Crippen molar-refractivity contribution in [2.75, 3.05) is 101 Å². The topological polar surface area (TPSA) is 385 Å². The van der Waals surface area contributed by atoms with E-state index >= 15 is 33.2 Å². The number of aryl methyl sites for hydroxylation is 1. The molecule has 6 aliphatic rings. The van der Waals surface area contributed by atoms with E-state index in [4.69, 9.17) is 18.9 Å². The third kappa shape index (κ3) is 23.4. The van der Waals surface area contributed by atoms with Crippen molar-refractivity contribution in [1.29, 1.82) is 0 Å². The predicted molar refractivity (Wildman–Crippen MR) is 412 cm³/mol. The third-order valence-electron chi connectivity index (χ3n) is 21.3. The van der Waals surface area contributed by atoms with Crippen molar-refractivity contribution in [3.8, 4) is 5.75 Å². The number of halogens is 1. The predicted octanol–water partition coefficient (Wildman–Crippen LogP) is 0.644. The molecule has 2 fully saturated rings. The van der Waals surface area contributed by atoms with Crippen LogP contribution < -0.4 is 52.6 Å². The molecule has 0 aliphatic carbocycles. The van der Waals surface area contributed by atoms with Gasteiger partial charge in [0.2, 0.25) is 70.9 Å². The van der Waals surface area contributed by atoms with Gasteiger partial charge in [-0.15, -0.1) is 0 Å². The third-order valence-corrected chi connectivity index (χ3v) is 21.3. The largest absolute Gasteiger partial charge is 0.497 e. The zero-order chi connectivity index (χ0) is 81.1. The van der Waals surface area contributed by atoms with Crippen LogP contribution in [0.15, 0.2) is 97.2 Å². The highest BCUT2D eigenvalue weighted by molar-refractivity contribution is 6.00. The molecule has 0 saturated carbocycles. The number of carbonyl (C=O) groups is 12. The van der Waals surface area contributed by atoms with Crippen molar-refractivity contribution in [1.82, 2.24) is 67.1 Å². The van der Waals surface area contributed by atoms with Gasteiger partial charge in [-0.2, -0.15) is 0 Å². The van der Waals surface area contributed by atoms with Crippen molar-refractivity contribution in [3.05, 3.63) is 136 Å². The van der Waals surface area contributed by atoms with Gasteiger partial charge in [0.25, 0.3) is 0 Å². The zero-order valence-electron chi connectivity index (χ0n) is 65.4. The second-order valence-corrected chi connectivity index (χ2v) is 30.9. The number of rotatable bonds is 15. The molecule has 10 N–H and O–H groups in total. The molecule has 4 aromatic carbocycles. The van der Waals surface area contributed by atoms with Crippen molar-refractivity contribution >= 4 is 81.8 Å². The molecule has 610 valence electrons. The molecule has 5 aromatic rings. The highest BCUT2D eigenvalue weighted by atomic mass is 19.1. The zero-order valence-corrected chi connectivity index (χ0v) is 65.4. The maximum Gasteiger partial charge on any atom is 0.246 e. The van der Waals surface area contributed by atoms with Crippen LogP contribution in [0.5, 0.6) is 5.75 Å². The molecule has 0 spiro atoms. The fourth-order valence-corrected chi connectivity index (χ4v) is 14.8. The molecule has 12 bridgehead atoms. The Morgan fingerprint density at radius 1 is 0.690 bits per heavy atom. The van der Waals surface area contributed by atoms with Crippen LogP contribution in [0.3, 0.4) is 0 Å². The van der Waals surface area contributed by atoms with Gasteiger partial charge in [0, 0.05) is 108 Å². The van der Waals surface area contributed by atoms with E-state index < -0.39 is 150 Å². The fraction of sp³-hybridized carbons (Fsp3) is 0.531.